The second-order valence-electron chi connectivity index (χ2n) is 9.22. The number of anilines is 2. The second kappa shape index (κ2) is 7.97. The Hall–Kier alpha value is -2.69. The number of carbonyl (C=O) groups is 1. The van der Waals surface area contributed by atoms with E-state index >= 15 is 0 Å². The number of piperazine rings is 1. The quantitative estimate of drug-likeness (QED) is 0.769. The number of nitrogens with zero attached hydrogens (tertiary/aromatic N) is 2. The molecule has 1 fully saturated rings. The van der Waals surface area contributed by atoms with Crippen molar-refractivity contribution in [3.05, 3.63) is 59.7 Å². The van der Waals surface area contributed by atoms with E-state index in [9.17, 15) is 4.79 Å². The Labute approximate surface area is 174 Å². The zero-order valence-corrected chi connectivity index (χ0v) is 18.2. The zero-order valence-electron chi connectivity index (χ0n) is 18.2. The summed E-state index contributed by atoms with van der Waals surface area (Å²) in [5.74, 6) is 0. The van der Waals surface area contributed by atoms with Crippen LogP contribution >= 0.6 is 0 Å². The predicted octanol–water partition coefficient (Wildman–Crippen LogP) is 4.65. The van der Waals surface area contributed by atoms with Gasteiger partial charge < -0.3 is 20.3 Å². The molecular formula is C24H33N3O2. The third-order valence-electron chi connectivity index (χ3n) is 5.46. The van der Waals surface area contributed by atoms with Gasteiger partial charge in [0.2, 0.25) is 0 Å². The molecule has 1 aliphatic heterocycles. The molecule has 156 valence electrons. The highest BCUT2D eigenvalue weighted by Crippen LogP contribution is 2.39. The van der Waals surface area contributed by atoms with E-state index in [2.05, 4.69) is 55.1 Å². The van der Waals surface area contributed by atoms with Crippen LogP contribution in [0.25, 0.3) is 0 Å². The first-order chi connectivity index (χ1) is 13.6. The van der Waals surface area contributed by atoms with Gasteiger partial charge >= 0.3 is 6.09 Å². The summed E-state index contributed by atoms with van der Waals surface area (Å²) in [6.07, 6.45) is -0.237. The lowest BCUT2D eigenvalue weighted by atomic mass is 9.77. The minimum absolute atomic E-state index is 0.186. The van der Waals surface area contributed by atoms with Gasteiger partial charge in [-0.2, -0.15) is 0 Å². The van der Waals surface area contributed by atoms with Crippen LogP contribution in [0.4, 0.5) is 16.2 Å². The van der Waals surface area contributed by atoms with E-state index in [1.165, 1.54) is 16.8 Å². The maximum atomic E-state index is 12.4. The Morgan fingerprint density at radius 2 is 1.55 bits per heavy atom. The molecule has 1 aliphatic rings. The lowest BCUT2D eigenvalue weighted by Gasteiger charge is -2.39. The van der Waals surface area contributed by atoms with Crippen LogP contribution in [0.15, 0.2) is 48.5 Å². The van der Waals surface area contributed by atoms with E-state index in [0.29, 0.717) is 13.1 Å². The minimum atomic E-state index is -0.474. The summed E-state index contributed by atoms with van der Waals surface area (Å²) in [7, 11) is 0. The van der Waals surface area contributed by atoms with Crippen LogP contribution in [0.1, 0.15) is 45.7 Å². The molecule has 29 heavy (non-hydrogen) atoms. The summed E-state index contributed by atoms with van der Waals surface area (Å²) in [6, 6.07) is 16.7. The van der Waals surface area contributed by atoms with Gasteiger partial charge in [-0.25, -0.2) is 4.79 Å². The van der Waals surface area contributed by atoms with E-state index in [1.54, 1.807) is 4.90 Å². The third-order valence-corrected chi connectivity index (χ3v) is 5.46. The summed E-state index contributed by atoms with van der Waals surface area (Å²) >= 11 is 0. The molecule has 0 unspecified atom stereocenters. The molecule has 3 rings (SSSR count). The van der Waals surface area contributed by atoms with Gasteiger partial charge in [-0.15, -0.1) is 0 Å². The van der Waals surface area contributed by atoms with Gasteiger partial charge in [0, 0.05) is 43.0 Å². The molecule has 0 atom stereocenters. The molecule has 0 spiro atoms. The highest BCUT2D eigenvalue weighted by atomic mass is 16.6. The number of amides is 1. The smallest absolute Gasteiger partial charge is 0.410 e. The van der Waals surface area contributed by atoms with Gasteiger partial charge in [0.15, 0.2) is 0 Å². The number of carbonyl (C=O) groups excluding carboxylic acids is 1. The molecule has 2 aromatic carbocycles. The average molecular weight is 396 g/mol. The first kappa shape index (κ1) is 21.0. The van der Waals surface area contributed by atoms with Gasteiger partial charge in [0.05, 0.1) is 0 Å². The lowest BCUT2D eigenvalue weighted by Crippen LogP contribution is -2.50. The number of hydrogen-bond acceptors (Lipinski definition) is 4. The maximum absolute atomic E-state index is 12.4. The Kier molecular flexibility index (Phi) is 5.78. The number of nitrogens with two attached hydrogens (primary N) is 1. The largest absolute Gasteiger partial charge is 0.444 e. The molecule has 2 N–H and O–H groups in total. The molecule has 1 amide bonds. The van der Waals surface area contributed by atoms with Gasteiger partial charge in [0.25, 0.3) is 0 Å². The molecule has 0 aromatic heterocycles. The van der Waals surface area contributed by atoms with Crippen molar-refractivity contribution in [2.45, 2.75) is 45.6 Å². The van der Waals surface area contributed by atoms with E-state index in [4.69, 9.17) is 10.5 Å². The number of benzene rings is 2. The van der Waals surface area contributed by atoms with E-state index in [-0.39, 0.29) is 11.5 Å². The number of hydrogen-bond donors (Lipinski definition) is 1. The highest BCUT2D eigenvalue weighted by Gasteiger charge is 2.31. The van der Waals surface area contributed by atoms with Gasteiger partial charge in [0.1, 0.15) is 5.60 Å². The van der Waals surface area contributed by atoms with Crippen LogP contribution in [0, 0.1) is 0 Å². The van der Waals surface area contributed by atoms with Crippen LogP contribution in [0.3, 0.4) is 0 Å². The number of ether oxygens (including phenoxy) is 1. The molecule has 1 heterocycles. The lowest BCUT2D eigenvalue weighted by molar-refractivity contribution is 0.0240. The molecule has 0 radical (unpaired) electrons. The SMILES string of the molecule is CC(C)(C)OC(=O)N1CCN(c2ccc(N)cc2C(C)(C)c2ccccc2)CC1. The van der Waals surface area contributed by atoms with E-state index < -0.39 is 5.60 Å². The Morgan fingerprint density at radius 1 is 0.931 bits per heavy atom. The van der Waals surface area contributed by atoms with Crippen molar-refractivity contribution in [2.24, 2.45) is 0 Å². The topological polar surface area (TPSA) is 58.8 Å². The van der Waals surface area contributed by atoms with Crippen molar-refractivity contribution < 1.29 is 9.53 Å². The average Bonchev–Trinajstić information content (AvgIpc) is 2.67. The molecule has 0 saturated carbocycles. The summed E-state index contributed by atoms with van der Waals surface area (Å²) in [4.78, 5) is 16.5. The molecule has 1 saturated heterocycles. The van der Waals surface area contributed by atoms with Crippen molar-refractivity contribution >= 4 is 17.5 Å². The first-order valence-electron chi connectivity index (χ1n) is 10.3. The first-order valence-corrected chi connectivity index (χ1v) is 10.3. The van der Waals surface area contributed by atoms with Gasteiger partial charge in [-0.05, 0) is 50.1 Å². The summed E-state index contributed by atoms with van der Waals surface area (Å²) in [6.45, 7) is 13.0. The van der Waals surface area contributed by atoms with Crippen molar-refractivity contribution in [2.75, 3.05) is 36.8 Å². The Balaban J connectivity index is 1.82. The fraction of sp³-hybridized carbons (Fsp3) is 0.458. The molecule has 5 nitrogen and oxygen atoms in total. The van der Waals surface area contributed by atoms with Crippen LogP contribution in [0.2, 0.25) is 0 Å². The van der Waals surface area contributed by atoms with E-state index in [0.717, 1.165) is 18.8 Å². The second-order valence-corrected chi connectivity index (χ2v) is 9.22. The number of nitrogen functional groups attached to an aromatic ring is 1. The van der Waals surface area contributed by atoms with Crippen LogP contribution in [-0.2, 0) is 10.2 Å². The fourth-order valence-electron chi connectivity index (χ4n) is 3.80. The summed E-state index contributed by atoms with van der Waals surface area (Å²) in [5, 5.41) is 0. The third kappa shape index (κ3) is 4.84. The normalized spacial score (nSPS) is 15.3. The predicted molar refractivity (Wildman–Crippen MR) is 119 cm³/mol. The van der Waals surface area contributed by atoms with Crippen molar-refractivity contribution in [3.8, 4) is 0 Å². The highest BCUT2D eigenvalue weighted by molar-refractivity contribution is 5.69. The van der Waals surface area contributed by atoms with Crippen molar-refractivity contribution in [1.29, 1.82) is 0 Å². The van der Waals surface area contributed by atoms with Gasteiger partial charge in [-0.3, -0.25) is 0 Å². The molecule has 2 aromatic rings. The van der Waals surface area contributed by atoms with Gasteiger partial charge in [-0.1, -0.05) is 44.2 Å². The minimum Gasteiger partial charge on any atom is -0.444 e. The van der Waals surface area contributed by atoms with Crippen LogP contribution in [0.5, 0.6) is 0 Å². The molecule has 5 heteroatoms. The standard InChI is InChI=1S/C24H33N3O2/c1-23(2,3)29-22(28)27-15-13-26(14-16-27)21-12-11-19(25)17-20(21)24(4,5)18-9-7-6-8-10-18/h6-12,17H,13-16,25H2,1-5H3. The summed E-state index contributed by atoms with van der Waals surface area (Å²) < 4.78 is 5.52. The Morgan fingerprint density at radius 3 is 2.14 bits per heavy atom. The monoisotopic (exact) mass is 395 g/mol. The van der Waals surface area contributed by atoms with Crippen LogP contribution in [-0.4, -0.2) is 42.8 Å². The molecular weight excluding hydrogens is 362 g/mol. The molecule has 0 aliphatic carbocycles. The number of rotatable bonds is 3. The van der Waals surface area contributed by atoms with Crippen LogP contribution < -0.4 is 10.6 Å². The van der Waals surface area contributed by atoms with E-state index in [1.807, 2.05) is 32.9 Å². The fourth-order valence-corrected chi connectivity index (χ4v) is 3.80. The Bertz CT molecular complexity index is 848. The molecule has 0 bridgehead atoms. The van der Waals surface area contributed by atoms with Crippen molar-refractivity contribution in [1.82, 2.24) is 4.90 Å². The maximum Gasteiger partial charge on any atom is 0.410 e. The summed E-state index contributed by atoms with van der Waals surface area (Å²) in [5.41, 5.74) is 9.90. The zero-order chi connectivity index (χ0) is 21.2. The van der Waals surface area contributed by atoms with Crippen molar-refractivity contribution in [3.63, 3.8) is 0 Å².